The summed E-state index contributed by atoms with van der Waals surface area (Å²) >= 11 is 6.26. The molecule has 1 unspecified atom stereocenters. The van der Waals surface area contributed by atoms with E-state index in [1.54, 1.807) is 14.2 Å². The molecule has 5 aromatic rings. The summed E-state index contributed by atoms with van der Waals surface area (Å²) in [6.45, 7) is 11.7. The largest absolute Gasteiger partial charge is 0.497 e. The molecule has 2 aliphatic heterocycles. The SMILES string of the molecule is CCOC1(O[C@@H]2[C@H](OP(OCCC#N)N(C(C)C)C(C)C)[C@@H](COC(c3ccccc3)(c3ccc(OC)cc3)c3ccc(OC)cc3)O[C@H]2n2ccc(=O)[nH]c2=O)CCN(c2ccc(Cl)cc2)CC1. The van der Waals surface area contributed by atoms with Crippen molar-refractivity contribution in [2.75, 3.05) is 52.0 Å². The van der Waals surface area contributed by atoms with Crippen molar-refractivity contribution in [3.63, 3.8) is 0 Å². The maximum absolute atomic E-state index is 13.9. The van der Waals surface area contributed by atoms with E-state index in [4.69, 9.17) is 49.1 Å². The molecule has 3 heterocycles. The third kappa shape index (κ3) is 11.9. The number of halogens is 1. The fourth-order valence-corrected chi connectivity index (χ4v) is 11.1. The molecule has 0 aliphatic carbocycles. The van der Waals surface area contributed by atoms with E-state index in [1.165, 1.54) is 16.8 Å². The quantitative estimate of drug-likeness (QED) is 0.0303. The zero-order valence-corrected chi connectivity index (χ0v) is 41.9. The molecular formula is C52H63ClN5O10P. The zero-order chi connectivity index (χ0) is 49.1. The maximum Gasteiger partial charge on any atom is 0.330 e. The smallest absolute Gasteiger partial charge is 0.330 e. The fraction of sp³-hybridized carbons (Fsp3) is 0.442. The highest BCUT2D eigenvalue weighted by Crippen LogP contribution is 2.52. The van der Waals surface area contributed by atoms with Crippen molar-refractivity contribution in [3.8, 4) is 17.6 Å². The van der Waals surface area contributed by atoms with Crippen LogP contribution < -0.4 is 25.6 Å². The summed E-state index contributed by atoms with van der Waals surface area (Å²) in [6.07, 6.45) is -1.70. The van der Waals surface area contributed by atoms with Crippen LogP contribution in [0.25, 0.3) is 0 Å². The average molecular weight is 985 g/mol. The molecule has 5 atom stereocenters. The monoisotopic (exact) mass is 983 g/mol. The minimum absolute atomic E-state index is 0.0463. The van der Waals surface area contributed by atoms with Crippen LogP contribution in [0.1, 0.15) is 76.8 Å². The summed E-state index contributed by atoms with van der Waals surface area (Å²) < 4.78 is 57.1. The van der Waals surface area contributed by atoms with Gasteiger partial charge in [0.25, 0.3) is 14.1 Å². The summed E-state index contributed by atoms with van der Waals surface area (Å²) in [4.78, 5) is 31.2. The van der Waals surface area contributed by atoms with Gasteiger partial charge in [-0.1, -0.05) is 66.2 Å². The first-order valence-corrected chi connectivity index (χ1v) is 24.9. The molecule has 0 spiro atoms. The number of methoxy groups -OCH3 is 2. The third-order valence-electron chi connectivity index (χ3n) is 12.4. The van der Waals surface area contributed by atoms with E-state index in [9.17, 15) is 14.9 Å². The van der Waals surface area contributed by atoms with E-state index in [-0.39, 0.29) is 31.7 Å². The Labute approximate surface area is 410 Å². The molecule has 0 bridgehead atoms. The van der Waals surface area contributed by atoms with E-state index in [2.05, 4.69) is 48.3 Å². The molecule has 15 nitrogen and oxygen atoms in total. The number of nitriles is 1. The lowest BCUT2D eigenvalue weighted by atomic mass is 9.80. The molecule has 2 fully saturated rings. The van der Waals surface area contributed by atoms with E-state index < -0.39 is 55.7 Å². The molecule has 4 aromatic carbocycles. The molecule has 1 N–H and O–H groups in total. The van der Waals surface area contributed by atoms with E-state index >= 15 is 0 Å². The first-order chi connectivity index (χ1) is 33.3. The van der Waals surface area contributed by atoms with Gasteiger partial charge in [0.15, 0.2) is 12.0 Å². The Morgan fingerprint density at radius 2 is 1.45 bits per heavy atom. The van der Waals surface area contributed by atoms with E-state index in [1.807, 2.05) is 110 Å². The van der Waals surface area contributed by atoms with Crippen LogP contribution in [0.2, 0.25) is 5.02 Å². The van der Waals surface area contributed by atoms with Gasteiger partial charge in [0.1, 0.15) is 35.4 Å². The molecular weight excluding hydrogens is 921 g/mol. The van der Waals surface area contributed by atoms with Gasteiger partial charge in [-0.15, -0.1) is 0 Å². The summed E-state index contributed by atoms with van der Waals surface area (Å²) in [5, 5.41) is 10.3. The standard InChI is InChI=1S/C52H63ClN5O10P/c1-8-63-51(28-32-56(33-29-51)42-21-19-41(53)20-22-42)67-48-47(68-69(65-34-12-30-54)58(36(2)3)37(4)5)45(66-49(48)57-31-27-46(59)55-50(57)60)35-64-52(38-13-10-9-11-14-38,39-15-23-43(61-6)24-16-39)40-17-25-44(62-7)26-18-40/h9-11,13-27,31,36-37,45,47-49H,8,12,28-29,32-35H2,1-7H3,(H,55,59,60)/t45-,47-,48-,49-,69?/m1/s1. The maximum atomic E-state index is 13.9. The number of piperidine rings is 1. The zero-order valence-electron chi connectivity index (χ0n) is 40.3. The summed E-state index contributed by atoms with van der Waals surface area (Å²) in [5.74, 6) is 0.181. The molecule has 17 heteroatoms. The predicted molar refractivity (Wildman–Crippen MR) is 266 cm³/mol. The second-order valence-corrected chi connectivity index (χ2v) is 19.2. The van der Waals surface area contributed by atoms with Crippen LogP contribution in [0, 0.1) is 11.3 Å². The molecule has 69 heavy (non-hydrogen) atoms. The number of anilines is 1. The lowest BCUT2D eigenvalue weighted by molar-refractivity contribution is -0.284. The highest BCUT2D eigenvalue weighted by molar-refractivity contribution is 7.44. The summed E-state index contributed by atoms with van der Waals surface area (Å²) in [6, 6.07) is 36.5. The Morgan fingerprint density at radius 1 is 0.855 bits per heavy atom. The molecule has 1 aromatic heterocycles. The predicted octanol–water partition coefficient (Wildman–Crippen LogP) is 9.19. The van der Waals surface area contributed by atoms with E-state index in [0.717, 1.165) is 22.4 Å². The Bertz CT molecular complexity index is 2490. The normalized spacial score (nSPS) is 19.8. The Hall–Kier alpha value is -5.11. The van der Waals surface area contributed by atoms with Gasteiger partial charge in [-0.25, -0.2) is 9.46 Å². The first kappa shape index (κ1) is 51.7. The fourth-order valence-electron chi connectivity index (χ4n) is 9.19. The minimum atomic E-state index is -1.92. The first-order valence-electron chi connectivity index (χ1n) is 23.4. The number of hydrogen-bond donors (Lipinski definition) is 1. The van der Waals surface area contributed by atoms with Crippen molar-refractivity contribution in [1.82, 2.24) is 14.2 Å². The number of nitrogens with one attached hydrogen (secondary N) is 1. The summed E-state index contributed by atoms with van der Waals surface area (Å²) in [7, 11) is 1.33. The number of rotatable bonds is 22. The highest BCUT2D eigenvalue weighted by Gasteiger charge is 2.55. The number of nitrogens with zero attached hydrogens (tertiary/aromatic N) is 4. The van der Waals surface area contributed by atoms with Gasteiger partial charge in [0, 0.05) is 67.6 Å². The molecule has 7 rings (SSSR count). The van der Waals surface area contributed by atoms with Crippen molar-refractivity contribution in [2.45, 2.75) is 102 Å². The molecule has 2 aliphatic rings. The molecule has 0 saturated carbocycles. The van der Waals surface area contributed by atoms with Gasteiger partial charge in [-0.2, -0.15) is 5.26 Å². The number of H-pyrrole nitrogens is 1. The number of ether oxygens (including phenoxy) is 6. The summed E-state index contributed by atoms with van der Waals surface area (Å²) in [5.41, 5.74) is 0.923. The van der Waals surface area contributed by atoms with Crippen LogP contribution in [0.3, 0.4) is 0 Å². The Balaban J connectivity index is 1.38. The van der Waals surface area contributed by atoms with Crippen LogP contribution in [0.5, 0.6) is 11.5 Å². The molecule has 0 radical (unpaired) electrons. The Kier molecular flexibility index (Phi) is 17.7. The van der Waals surface area contributed by atoms with Crippen LogP contribution in [0.15, 0.2) is 125 Å². The lowest BCUT2D eigenvalue weighted by Gasteiger charge is -2.45. The van der Waals surface area contributed by atoms with Crippen LogP contribution in [-0.4, -0.2) is 97.5 Å². The third-order valence-corrected chi connectivity index (χ3v) is 14.8. The number of aromatic nitrogens is 2. The number of benzene rings is 4. The second kappa shape index (κ2) is 23.7. The van der Waals surface area contributed by atoms with Gasteiger partial charge in [-0.05, 0) is 99.8 Å². The van der Waals surface area contributed by atoms with Gasteiger partial charge < -0.3 is 42.4 Å². The lowest BCUT2D eigenvalue weighted by Crippen LogP contribution is -2.53. The van der Waals surface area contributed by atoms with Crippen molar-refractivity contribution < 1.29 is 37.5 Å². The van der Waals surface area contributed by atoms with Gasteiger partial charge >= 0.3 is 5.69 Å². The van der Waals surface area contributed by atoms with E-state index in [0.29, 0.717) is 49.1 Å². The minimum Gasteiger partial charge on any atom is -0.497 e. The van der Waals surface area contributed by atoms with Crippen molar-refractivity contribution >= 4 is 25.8 Å². The Morgan fingerprint density at radius 3 is 1.99 bits per heavy atom. The van der Waals surface area contributed by atoms with Gasteiger partial charge in [0.2, 0.25) is 0 Å². The van der Waals surface area contributed by atoms with Crippen molar-refractivity contribution in [3.05, 3.63) is 158 Å². The van der Waals surface area contributed by atoms with Crippen LogP contribution >= 0.6 is 20.1 Å². The van der Waals surface area contributed by atoms with Crippen LogP contribution in [0.4, 0.5) is 5.69 Å². The van der Waals surface area contributed by atoms with Crippen molar-refractivity contribution in [1.29, 1.82) is 5.26 Å². The highest BCUT2D eigenvalue weighted by atomic mass is 35.5. The van der Waals surface area contributed by atoms with Gasteiger partial charge in [0.05, 0.1) is 39.9 Å². The molecule has 0 amide bonds. The topological polar surface area (TPSA) is 159 Å². The van der Waals surface area contributed by atoms with Crippen molar-refractivity contribution in [2.24, 2.45) is 0 Å². The molecule has 2 saturated heterocycles. The second-order valence-electron chi connectivity index (χ2n) is 17.4. The van der Waals surface area contributed by atoms with Crippen LogP contribution in [-0.2, 0) is 33.6 Å². The molecule has 368 valence electrons. The number of hydrogen-bond acceptors (Lipinski definition) is 13. The van der Waals surface area contributed by atoms with Gasteiger partial charge in [-0.3, -0.25) is 14.3 Å². The average Bonchev–Trinajstić information content (AvgIpc) is 3.67. The number of aromatic amines is 1.